The third kappa shape index (κ3) is 4.42. The Balaban J connectivity index is 0.00000144. The van der Waals surface area contributed by atoms with Crippen molar-refractivity contribution in [3.05, 3.63) is 30.1 Å². The molecule has 0 radical (unpaired) electrons. The van der Waals surface area contributed by atoms with Gasteiger partial charge in [0, 0.05) is 18.8 Å². The summed E-state index contributed by atoms with van der Waals surface area (Å²) in [6.07, 6.45) is 3.97. The first-order chi connectivity index (χ1) is 7.86. The van der Waals surface area contributed by atoms with Crippen molar-refractivity contribution >= 4 is 18.2 Å². The second-order valence-electron chi connectivity index (χ2n) is 4.06. The minimum absolute atomic E-state index is 0. The third-order valence-electron chi connectivity index (χ3n) is 2.80. The average Bonchev–Trinajstić information content (AvgIpc) is 2.38. The van der Waals surface area contributed by atoms with Crippen molar-refractivity contribution in [3.8, 4) is 0 Å². The molecule has 1 aromatic rings. The molecule has 1 saturated heterocycles. The number of pyridine rings is 1. The minimum atomic E-state index is 0. The third-order valence-corrected chi connectivity index (χ3v) is 2.80. The molecule has 1 unspecified atom stereocenters. The summed E-state index contributed by atoms with van der Waals surface area (Å²) in [5, 5.41) is 6.58. The van der Waals surface area contributed by atoms with E-state index in [2.05, 4.69) is 15.6 Å². The number of nitrogens with one attached hydrogen (secondary N) is 2. The number of hydrogen-bond acceptors (Lipinski definition) is 4. The second kappa shape index (κ2) is 7.37. The average molecular weight is 256 g/mol. The summed E-state index contributed by atoms with van der Waals surface area (Å²) in [5.74, 6) is 0.0613. The molecule has 1 aromatic heterocycles. The molecule has 0 saturated carbocycles. The predicted molar refractivity (Wildman–Crippen MR) is 69.7 cm³/mol. The topological polar surface area (TPSA) is 54.0 Å². The molecule has 2 N–H and O–H groups in total. The summed E-state index contributed by atoms with van der Waals surface area (Å²) in [6, 6.07) is 5.82. The van der Waals surface area contributed by atoms with Crippen molar-refractivity contribution in [1.82, 2.24) is 15.6 Å². The van der Waals surface area contributed by atoms with Crippen LogP contribution in [0.4, 0.5) is 0 Å². The second-order valence-corrected chi connectivity index (χ2v) is 4.06. The largest absolute Gasteiger partial charge is 0.315 e. The lowest BCUT2D eigenvalue weighted by molar-refractivity contribution is 0.0981. The van der Waals surface area contributed by atoms with Crippen molar-refractivity contribution in [2.75, 3.05) is 19.6 Å². The van der Waals surface area contributed by atoms with Crippen LogP contribution in [0.2, 0.25) is 0 Å². The van der Waals surface area contributed by atoms with E-state index in [4.69, 9.17) is 0 Å². The lowest BCUT2D eigenvalue weighted by atomic mass is 10.1. The lowest BCUT2D eigenvalue weighted by Gasteiger charge is -2.23. The van der Waals surface area contributed by atoms with Gasteiger partial charge in [-0.05, 0) is 31.5 Å². The zero-order valence-corrected chi connectivity index (χ0v) is 10.5. The van der Waals surface area contributed by atoms with Gasteiger partial charge in [-0.25, -0.2) is 0 Å². The van der Waals surface area contributed by atoms with E-state index in [0.29, 0.717) is 18.3 Å². The highest BCUT2D eigenvalue weighted by Gasteiger charge is 2.14. The van der Waals surface area contributed by atoms with Crippen LogP contribution >= 0.6 is 12.4 Å². The Hall–Kier alpha value is -0.970. The smallest absolute Gasteiger partial charge is 0.194 e. The van der Waals surface area contributed by atoms with Crippen molar-refractivity contribution in [2.24, 2.45) is 0 Å². The maximum atomic E-state index is 11.7. The molecule has 17 heavy (non-hydrogen) atoms. The molecule has 4 nitrogen and oxygen atoms in total. The zero-order chi connectivity index (χ0) is 11.2. The highest BCUT2D eigenvalue weighted by atomic mass is 35.5. The van der Waals surface area contributed by atoms with E-state index in [9.17, 15) is 4.79 Å². The van der Waals surface area contributed by atoms with Crippen molar-refractivity contribution < 1.29 is 4.79 Å². The first kappa shape index (κ1) is 14.1. The molecule has 2 heterocycles. The van der Waals surface area contributed by atoms with Crippen LogP contribution in [0.25, 0.3) is 0 Å². The summed E-state index contributed by atoms with van der Waals surface area (Å²) >= 11 is 0. The summed E-state index contributed by atoms with van der Waals surface area (Å²) in [7, 11) is 0. The van der Waals surface area contributed by atoms with E-state index in [1.54, 1.807) is 12.3 Å². The number of halogens is 1. The maximum absolute atomic E-state index is 11.7. The van der Waals surface area contributed by atoms with E-state index in [0.717, 1.165) is 19.5 Å². The lowest BCUT2D eigenvalue weighted by Crippen LogP contribution is -2.44. The van der Waals surface area contributed by atoms with Crippen molar-refractivity contribution in [2.45, 2.75) is 18.9 Å². The van der Waals surface area contributed by atoms with Crippen LogP contribution in [0.3, 0.4) is 0 Å². The highest BCUT2D eigenvalue weighted by molar-refractivity contribution is 5.95. The number of carbonyl (C=O) groups is 1. The molecule has 5 heteroatoms. The summed E-state index contributed by atoms with van der Waals surface area (Å²) < 4.78 is 0. The van der Waals surface area contributed by atoms with Crippen molar-refractivity contribution in [3.63, 3.8) is 0 Å². The Morgan fingerprint density at radius 2 is 2.41 bits per heavy atom. The van der Waals surface area contributed by atoms with E-state index in [1.807, 2.05) is 12.1 Å². The molecule has 1 aliphatic rings. The Morgan fingerprint density at radius 3 is 3.06 bits per heavy atom. The summed E-state index contributed by atoms with van der Waals surface area (Å²) in [4.78, 5) is 15.8. The van der Waals surface area contributed by atoms with Crippen LogP contribution < -0.4 is 10.6 Å². The molecule has 1 aliphatic heterocycles. The van der Waals surface area contributed by atoms with Gasteiger partial charge in [0.25, 0.3) is 0 Å². The van der Waals surface area contributed by atoms with Crippen LogP contribution in [0.15, 0.2) is 24.4 Å². The van der Waals surface area contributed by atoms with Crippen LogP contribution in [0, 0.1) is 0 Å². The van der Waals surface area contributed by atoms with Crippen LogP contribution in [0.1, 0.15) is 23.3 Å². The molecule has 0 amide bonds. The molecule has 0 aromatic carbocycles. The van der Waals surface area contributed by atoms with Gasteiger partial charge in [-0.3, -0.25) is 9.78 Å². The number of aromatic nitrogens is 1. The van der Waals surface area contributed by atoms with E-state index in [-0.39, 0.29) is 18.2 Å². The molecular weight excluding hydrogens is 238 g/mol. The zero-order valence-electron chi connectivity index (χ0n) is 9.69. The number of hydrogen-bond donors (Lipinski definition) is 2. The van der Waals surface area contributed by atoms with Gasteiger partial charge in [0.05, 0.1) is 6.54 Å². The van der Waals surface area contributed by atoms with Crippen LogP contribution in [0.5, 0.6) is 0 Å². The van der Waals surface area contributed by atoms with E-state index in [1.165, 1.54) is 6.42 Å². The Bertz CT molecular complexity index is 339. The van der Waals surface area contributed by atoms with Gasteiger partial charge in [-0.2, -0.15) is 0 Å². The normalized spacial score (nSPS) is 19.4. The minimum Gasteiger partial charge on any atom is -0.315 e. The molecule has 2 rings (SSSR count). The number of piperidine rings is 1. The van der Waals surface area contributed by atoms with Crippen molar-refractivity contribution in [1.29, 1.82) is 0 Å². The number of carbonyl (C=O) groups excluding carboxylic acids is 1. The standard InChI is InChI=1S/C12H17N3O.ClH/c16-12(11-5-1-2-7-14-11)9-15-10-4-3-6-13-8-10;/h1-2,5,7,10,13,15H,3-4,6,8-9H2;1H. The number of Topliss-reactive ketones (excluding diaryl/α,β-unsaturated/α-hetero) is 1. The van der Waals surface area contributed by atoms with Crippen LogP contribution in [-0.4, -0.2) is 36.4 Å². The molecule has 0 spiro atoms. The Kier molecular flexibility index (Phi) is 6.11. The number of ketones is 1. The first-order valence-corrected chi connectivity index (χ1v) is 5.74. The molecular formula is C12H18ClN3O. The Labute approximate surface area is 108 Å². The molecule has 94 valence electrons. The quantitative estimate of drug-likeness (QED) is 0.789. The van der Waals surface area contributed by atoms with E-state index >= 15 is 0 Å². The van der Waals surface area contributed by atoms with Gasteiger partial charge in [-0.1, -0.05) is 6.07 Å². The monoisotopic (exact) mass is 255 g/mol. The van der Waals surface area contributed by atoms with Gasteiger partial charge in [0.1, 0.15) is 5.69 Å². The van der Waals surface area contributed by atoms with Gasteiger partial charge >= 0.3 is 0 Å². The SMILES string of the molecule is Cl.O=C(CNC1CCCNC1)c1ccccn1. The Morgan fingerprint density at radius 1 is 1.53 bits per heavy atom. The first-order valence-electron chi connectivity index (χ1n) is 5.74. The fourth-order valence-electron chi connectivity index (χ4n) is 1.88. The van der Waals surface area contributed by atoms with Crippen LogP contribution in [-0.2, 0) is 0 Å². The number of rotatable bonds is 4. The highest BCUT2D eigenvalue weighted by Crippen LogP contribution is 2.01. The van der Waals surface area contributed by atoms with Gasteiger partial charge in [-0.15, -0.1) is 12.4 Å². The fourth-order valence-corrected chi connectivity index (χ4v) is 1.88. The predicted octanol–water partition coefficient (Wildman–Crippen LogP) is 1.03. The fraction of sp³-hybridized carbons (Fsp3) is 0.500. The maximum Gasteiger partial charge on any atom is 0.194 e. The van der Waals surface area contributed by atoms with E-state index < -0.39 is 0 Å². The summed E-state index contributed by atoms with van der Waals surface area (Å²) in [6.45, 7) is 2.42. The number of nitrogens with zero attached hydrogens (tertiary/aromatic N) is 1. The molecule has 1 atom stereocenters. The molecule has 0 aliphatic carbocycles. The summed E-state index contributed by atoms with van der Waals surface area (Å²) in [5.41, 5.74) is 0.541. The van der Waals surface area contributed by atoms with Gasteiger partial charge in [0.15, 0.2) is 5.78 Å². The molecule has 1 fully saturated rings. The van der Waals surface area contributed by atoms with Gasteiger partial charge in [0.2, 0.25) is 0 Å². The molecule has 0 bridgehead atoms. The van der Waals surface area contributed by atoms with Gasteiger partial charge < -0.3 is 10.6 Å².